The van der Waals surface area contributed by atoms with E-state index in [0.29, 0.717) is 49.1 Å². The molecule has 4 rings (SSSR count). The lowest BCUT2D eigenvalue weighted by atomic mass is 10.1. The molecule has 7 heteroatoms. The van der Waals surface area contributed by atoms with Crippen molar-refractivity contribution in [3.63, 3.8) is 0 Å². The van der Waals surface area contributed by atoms with Gasteiger partial charge < -0.3 is 19.3 Å². The predicted molar refractivity (Wildman–Crippen MR) is 101 cm³/mol. The molecule has 1 saturated heterocycles. The number of hydrogen-bond donors (Lipinski definition) is 0. The Balaban J connectivity index is 1.44. The molecule has 2 aliphatic heterocycles. The lowest BCUT2D eigenvalue weighted by Crippen LogP contribution is -2.34. The Bertz CT molecular complexity index is 917. The standard InChI is InChI=1S/C21H21FN2O4/c1-23(12-14-3-2-4-16(22)9-14)21(26)15-10-20(25)24(13-15)17-5-6-18-19(11-17)28-8-7-27-18/h2-6,9,11,15H,7-8,10,12-13H2,1H3/t15-/m1/s1. The minimum absolute atomic E-state index is 0.103. The van der Waals surface area contributed by atoms with Gasteiger partial charge in [-0.3, -0.25) is 9.59 Å². The van der Waals surface area contributed by atoms with Crippen molar-refractivity contribution < 1.29 is 23.5 Å². The van der Waals surface area contributed by atoms with Gasteiger partial charge in [0.15, 0.2) is 11.5 Å². The largest absolute Gasteiger partial charge is 0.486 e. The predicted octanol–water partition coefficient (Wildman–Crippen LogP) is 2.61. The average molecular weight is 384 g/mol. The van der Waals surface area contributed by atoms with Gasteiger partial charge in [-0.1, -0.05) is 12.1 Å². The Morgan fingerprint density at radius 2 is 1.96 bits per heavy atom. The van der Waals surface area contributed by atoms with Crippen molar-refractivity contribution in [1.29, 1.82) is 0 Å². The fraction of sp³-hybridized carbons (Fsp3) is 0.333. The summed E-state index contributed by atoms with van der Waals surface area (Å²) in [6.07, 6.45) is 0.154. The van der Waals surface area contributed by atoms with Crippen LogP contribution in [0.1, 0.15) is 12.0 Å². The van der Waals surface area contributed by atoms with E-state index in [2.05, 4.69) is 0 Å². The van der Waals surface area contributed by atoms with Crippen molar-refractivity contribution in [2.24, 2.45) is 5.92 Å². The van der Waals surface area contributed by atoms with Gasteiger partial charge in [-0.15, -0.1) is 0 Å². The van der Waals surface area contributed by atoms with Crippen molar-refractivity contribution in [2.45, 2.75) is 13.0 Å². The second-order valence-electron chi connectivity index (χ2n) is 7.06. The van der Waals surface area contributed by atoms with E-state index >= 15 is 0 Å². The van der Waals surface area contributed by atoms with E-state index in [1.165, 1.54) is 12.1 Å². The Kier molecular flexibility index (Phi) is 4.90. The zero-order valence-corrected chi connectivity index (χ0v) is 15.6. The van der Waals surface area contributed by atoms with Crippen molar-refractivity contribution in [3.05, 3.63) is 53.8 Å². The van der Waals surface area contributed by atoms with E-state index in [1.54, 1.807) is 47.2 Å². The first kappa shape index (κ1) is 18.3. The van der Waals surface area contributed by atoms with Crippen molar-refractivity contribution in [2.75, 3.05) is 31.7 Å². The maximum Gasteiger partial charge on any atom is 0.228 e. The lowest BCUT2D eigenvalue weighted by Gasteiger charge is -2.23. The Morgan fingerprint density at radius 3 is 2.75 bits per heavy atom. The molecule has 1 fully saturated rings. The fourth-order valence-electron chi connectivity index (χ4n) is 3.62. The van der Waals surface area contributed by atoms with Crippen LogP contribution in [0, 0.1) is 11.7 Å². The van der Waals surface area contributed by atoms with Gasteiger partial charge in [0.1, 0.15) is 19.0 Å². The highest BCUT2D eigenvalue weighted by atomic mass is 19.1. The summed E-state index contributed by atoms with van der Waals surface area (Å²) in [5, 5.41) is 0. The van der Waals surface area contributed by atoms with Gasteiger partial charge in [-0.25, -0.2) is 4.39 Å². The molecule has 0 unspecified atom stereocenters. The first-order valence-corrected chi connectivity index (χ1v) is 9.20. The van der Waals surface area contributed by atoms with Gasteiger partial charge in [0, 0.05) is 38.3 Å². The summed E-state index contributed by atoms with van der Waals surface area (Å²) in [7, 11) is 1.67. The molecule has 0 aromatic heterocycles. The van der Waals surface area contributed by atoms with Crippen LogP contribution >= 0.6 is 0 Å². The van der Waals surface area contributed by atoms with E-state index in [4.69, 9.17) is 9.47 Å². The number of hydrogen-bond acceptors (Lipinski definition) is 4. The molecule has 0 spiro atoms. The van der Waals surface area contributed by atoms with Gasteiger partial charge in [0.2, 0.25) is 11.8 Å². The number of halogens is 1. The van der Waals surface area contributed by atoms with E-state index < -0.39 is 5.92 Å². The van der Waals surface area contributed by atoms with E-state index in [-0.39, 0.29) is 24.1 Å². The summed E-state index contributed by atoms with van der Waals surface area (Å²) in [5.41, 5.74) is 1.40. The summed E-state index contributed by atoms with van der Waals surface area (Å²) < 4.78 is 24.4. The molecule has 0 radical (unpaired) electrons. The van der Waals surface area contributed by atoms with Crippen LogP contribution in [0.4, 0.5) is 10.1 Å². The number of anilines is 1. The Morgan fingerprint density at radius 1 is 1.18 bits per heavy atom. The highest BCUT2D eigenvalue weighted by Crippen LogP contribution is 2.36. The maximum absolute atomic E-state index is 13.4. The molecule has 28 heavy (non-hydrogen) atoms. The second kappa shape index (κ2) is 7.50. The van der Waals surface area contributed by atoms with E-state index in [9.17, 15) is 14.0 Å². The molecule has 0 saturated carbocycles. The monoisotopic (exact) mass is 384 g/mol. The highest BCUT2D eigenvalue weighted by molar-refractivity contribution is 6.00. The molecule has 2 heterocycles. The van der Waals surface area contributed by atoms with Gasteiger partial charge in [0.05, 0.1) is 5.92 Å². The van der Waals surface area contributed by atoms with Crippen LogP contribution < -0.4 is 14.4 Å². The molecule has 2 aliphatic rings. The molecule has 2 aromatic rings. The third-order valence-electron chi connectivity index (χ3n) is 5.00. The van der Waals surface area contributed by atoms with Gasteiger partial charge in [-0.2, -0.15) is 0 Å². The topological polar surface area (TPSA) is 59.1 Å². The summed E-state index contributed by atoms with van der Waals surface area (Å²) in [4.78, 5) is 28.5. The zero-order chi connectivity index (χ0) is 19.7. The van der Waals surface area contributed by atoms with Gasteiger partial charge >= 0.3 is 0 Å². The highest BCUT2D eigenvalue weighted by Gasteiger charge is 2.36. The van der Waals surface area contributed by atoms with Gasteiger partial charge in [0.25, 0.3) is 0 Å². The van der Waals surface area contributed by atoms with Crippen LogP contribution in [0.2, 0.25) is 0 Å². The van der Waals surface area contributed by atoms with Crippen LogP contribution in [-0.2, 0) is 16.1 Å². The number of amides is 2. The Labute approximate surface area is 162 Å². The third kappa shape index (κ3) is 3.65. The molecule has 0 N–H and O–H groups in total. The van der Waals surface area contributed by atoms with Crippen LogP contribution in [0.5, 0.6) is 11.5 Å². The molecular weight excluding hydrogens is 363 g/mol. The third-order valence-corrected chi connectivity index (χ3v) is 5.00. The number of rotatable bonds is 4. The quantitative estimate of drug-likeness (QED) is 0.813. The Hall–Kier alpha value is -3.09. The molecule has 6 nitrogen and oxygen atoms in total. The first-order valence-electron chi connectivity index (χ1n) is 9.20. The second-order valence-corrected chi connectivity index (χ2v) is 7.06. The van der Waals surface area contributed by atoms with Crippen molar-refractivity contribution >= 4 is 17.5 Å². The van der Waals surface area contributed by atoms with Crippen LogP contribution in [0.15, 0.2) is 42.5 Å². The van der Waals surface area contributed by atoms with Crippen molar-refractivity contribution in [3.8, 4) is 11.5 Å². The van der Waals surface area contributed by atoms with Crippen LogP contribution in [0.3, 0.4) is 0 Å². The smallest absolute Gasteiger partial charge is 0.228 e. The molecule has 146 valence electrons. The number of carbonyl (C=O) groups excluding carboxylic acids is 2. The first-order chi connectivity index (χ1) is 13.5. The zero-order valence-electron chi connectivity index (χ0n) is 15.6. The summed E-state index contributed by atoms with van der Waals surface area (Å²) in [5.74, 6) is 0.268. The fourth-order valence-corrected chi connectivity index (χ4v) is 3.62. The minimum atomic E-state index is -0.431. The minimum Gasteiger partial charge on any atom is -0.486 e. The summed E-state index contributed by atoms with van der Waals surface area (Å²) in [6, 6.07) is 11.5. The normalized spacial score (nSPS) is 18.3. The lowest BCUT2D eigenvalue weighted by molar-refractivity contribution is -0.135. The van der Waals surface area contributed by atoms with Crippen LogP contribution in [-0.4, -0.2) is 43.5 Å². The van der Waals surface area contributed by atoms with Gasteiger partial charge in [-0.05, 0) is 29.8 Å². The molecule has 2 aromatic carbocycles. The number of ether oxygens (including phenoxy) is 2. The number of benzene rings is 2. The summed E-state index contributed by atoms with van der Waals surface area (Å²) in [6.45, 7) is 1.58. The van der Waals surface area contributed by atoms with Crippen molar-refractivity contribution in [1.82, 2.24) is 4.90 Å². The molecule has 0 bridgehead atoms. The average Bonchev–Trinajstić information content (AvgIpc) is 3.08. The van der Waals surface area contributed by atoms with E-state index in [1.807, 2.05) is 0 Å². The maximum atomic E-state index is 13.4. The number of fused-ring (bicyclic) bond motifs is 1. The van der Waals surface area contributed by atoms with E-state index in [0.717, 1.165) is 0 Å². The van der Waals surface area contributed by atoms with Crippen LogP contribution in [0.25, 0.3) is 0 Å². The number of nitrogens with zero attached hydrogens (tertiary/aromatic N) is 2. The molecule has 0 aliphatic carbocycles. The number of carbonyl (C=O) groups is 2. The molecule has 2 amide bonds. The molecular formula is C21H21FN2O4. The summed E-state index contributed by atoms with van der Waals surface area (Å²) >= 11 is 0. The molecule has 1 atom stereocenters. The SMILES string of the molecule is CN(Cc1cccc(F)c1)C(=O)[C@@H]1CC(=O)N(c2ccc3c(c2)OCCO3)C1.